The molecule has 3 nitrogen and oxygen atoms in total. The number of benzene rings is 1. The van der Waals surface area contributed by atoms with Crippen LogP contribution in [0.15, 0.2) is 18.2 Å². The van der Waals surface area contributed by atoms with Gasteiger partial charge >= 0.3 is 0 Å². The summed E-state index contributed by atoms with van der Waals surface area (Å²) < 4.78 is 0. The van der Waals surface area contributed by atoms with Gasteiger partial charge in [0, 0.05) is 25.2 Å². The van der Waals surface area contributed by atoms with Crippen LogP contribution in [-0.4, -0.2) is 35.2 Å². The molecule has 1 saturated heterocycles. The standard InChI is InChI=1S/C18H27ClN2O/c19-17-7-6-14(13-22)12-18(17)20-15-8-10-21(11-9-15)16-4-2-1-3-5-16/h6-7,12,15-16,20,22H,1-5,8-11,13H2. The molecule has 2 aliphatic rings. The van der Waals surface area contributed by atoms with Crippen LogP contribution in [0.1, 0.15) is 50.5 Å². The third kappa shape index (κ3) is 3.95. The lowest BCUT2D eigenvalue weighted by molar-refractivity contribution is 0.126. The van der Waals surface area contributed by atoms with E-state index in [9.17, 15) is 5.11 Å². The van der Waals surface area contributed by atoms with Crippen LogP contribution in [0.5, 0.6) is 0 Å². The van der Waals surface area contributed by atoms with E-state index in [0.717, 1.165) is 22.3 Å². The molecule has 0 spiro atoms. The zero-order valence-corrected chi connectivity index (χ0v) is 14.0. The summed E-state index contributed by atoms with van der Waals surface area (Å²) in [6.45, 7) is 2.45. The second-order valence-electron chi connectivity index (χ2n) is 6.72. The third-order valence-electron chi connectivity index (χ3n) is 5.19. The number of hydrogen-bond acceptors (Lipinski definition) is 3. The summed E-state index contributed by atoms with van der Waals surface area (Å²) in [7, 11) is 0. The molecule has 4 heteroatoms. The minimum absolute atomic E-state index is 0.0615. The summed E-state index contributed by atoms with van der Waals surface area (Å²) in [5.41, 5.74) is 1.87. The van der Waals surface area contributed by atoms with Crippen LogP contribution in [0, 0.1) is 0 Å². The van der Waals surface area contributed by atoms with Gasteiger partial charge in [0.25, 0.3) is 0 Å². The van der Waals surface area contributed by atoms with Crippen molar-refractivity contribution in [2.75, 3.05) is 18.4 Å². The van der Waals surface area contributed by atoms with Gasteiger partial charge in [0.05, 0.1) is 17.3 Å². The van der Waals surface area contributed by atoms with Gasteiger partial charge in [-0.15, -0.1) is 0 Å². The molecule has 3 rings (SSSR count). The first-order chi connectivity index (χ1) is 10.8. The number of piperidine rings is 1. The average Bonchev–Trinajstić information content (AvgIpc) is 2.58. The maximum atomic E-state index is 9.26. The highest BCUT2D eigenvalue weighted by Gasteiger charge is 2.26. The number of aliphatic hydroxyl groups is 1. The van der Waals surface area contributed by atoms with Crippen LogP contribution in [0.2, 0.25) is 5.02 Å². The van der Waals surface area contributed by atoms with Gasteiger partial charge in [-0.05, 0) is 43.4 Å². The minimum Gasteiger partial charge on any atom is -0.392 e. The maximum absolute atomic E-state index is 9.26. The molecule has 0 radical (unpaired) electrons. The van der Waals surface area contributed by atoms with E-state index in [2.05, 4.69) is 10.2 Å². The normalized spacial score (nSPS) is 21.9. The van der Waals surface area contributed by atoms with E-state index in [1.54, 1.807) is 0 Å². The monoisotopic (exact) mass is 322 g/mol. The van der Waals surface area contributed by atoms with Gasteiger partial charge < -0.3 is 15.3 Å². The van der Waals surface area contributed by atoms with E-state index < -0.39 is 0 Å². The SMILES string of the molecule is OCc1ccc(Cl)c(NC2CCN(C3CCCCC3)CC2)c1. The molecule has 1 aromatic carbocycles. The molecule has 2 fully saturated rings. The van der Waals surface area contributed by atoms with Crippen molar-refractivity contribution >= 4 is 17.3 Å². The molecule has 1 aliphatic heterocycles. The first-order valence-corrected chi connectivity index (χ1v) is 9.04. The number of anilines is 1. The molecule has 0 amide bonds. The first-order valence-electron chi connectivity index (χ1n) is 8.66. The number of aliphatic hydroxyl groups excluding tert-OH is 1. The Balaban J connectivity index is 1.53. The number of hydrogen-bond donors (Lipinski definition) is 2. The average molecular weight is 323 g/mol. The molecular weight excluding hydrogens is 296 g/mol. The van der Waals surface area contributed by atoms with Crippen molar-refractivity contribution in [3.05, 3.63) is 28.8 Å². The van der Waals surface area contributed by atoms with E-state index in [-0.39, 0.29) is 6.61 Å². The molecule has 2 N–H and O–H groups in total. The molecule has 1 aliphatic carbocycles. The first kappa shape index (κ1) is 16.1. The van der Waals surface area contributed by atoms with Gasteiger partial charge in [-0.2, -0.15) is 0 Å². The van der Waals surface area contributed by atoms with E-state index in [4.69, 9.17) is 11.6 Å². The fraction of sp³-hybridized carbons (Fsp3) is 0.667. The third-order valence-corrected chi connectivity index (χ3v) is 5.52. The predicted octanol–water partition coefficient (Wildman–Crippen LogP) is 4.04. The summed E-state index contributed by atoms with van der Waals surface area (Å²) in [5, 5.41) is 13.6. The quantitative estimate of drug-likeness (QED) is 0.878. The lowest BCUT2D eigenvalue weighted by atomic mass is 9.92. The van der Waals surface area contributed by atoms with E-state index >= 15 is 0 Å². The number of halogens is 1. The molecule has 0 bridgehead atoms. The maximum Gasteiger partial charge on any atom is 0.0682 e. The lowest BCUT2D eigenvalue weighted by Gasteiger charge is -2.39. The predicted molar refractivity (Wildman–Crippen MR) is 92.5 cm³/mol. The largest absolute Gasteiger partial charge is 0.392 e. The molecule has 22 heavy (non-hydrogen) atoms. The minimum atomic E-state index is 0.0615. The fourth-order valence-corrected chi connectivity index (χ4v) is 4.03. The molecule has 0 atom stereocenters. The smallest absolute Gasteiger partial charge is 0.0682 e. The van der Waals surface area contributed by atoms with Gasteiger partial charge in [-0.3, -0.25) is 0 Å². The molecule has 0 aromatic heterocycles. The summed E-state index contributed by atoms with van der Waals surface area (Å²) in [6, 6.07) is 7.03. The van der Waals surface area contributed by atoms with Gasteiger partial charge in [0.1, 0.15) is 0 Å². The Morgan fingerprint density at radius 1 is 1.09 bits per heavy atom. The van der Waals surface area contributed by atoms with Crippen LogP contribution in [0.3, 0.4) is 0 Å². The van der Waals surface area contributed by atoms with Crippen molar-refractivity contribution in [3.8, 4) is 0 Å². The Bertz CT molecular complexity index is 480. The summed E-state index contributed by atoms with van der Waals surface area (Å²) in [6.07, 6.45) is 9.38. The molecule has 0 unspecified atom stereocenters. The Morgan fingerprint density at radius 2 is 1.82 bits per heavy atom. The highest BCUT2D eigenvalue weighted by Crippen LogP contribution is 2.28. The van der Waals surface area contributed by atoms with Crippen LogP contribution in [0.25, 0.3) is 0 Å². The summed E-state index contributed by atoms with van der Waals surface area (Å²) in [5.74, 6) is 0. The lowest BCUT2D eigenvalue weighted by Crippen LogP contribution is -2.45. The van der Waals surface area contributed by atoms with Gasteiger partial charge in [-0.25, -0.2) is 0 Å². The van der Waals surface area contributed by atoms with E-state index in [1.165, 1.54) is 58.0 Å². The van der Waals surface area contributed by atoms with Crippen molar-refractivity contribution in [2.24, 2.45) is 0 Å². The van der Waals surface area contributed by atoms with Crippen molar-refractivity contribution in [2.45, 2.75) is 63.6 Å². The van der Waals surface area contributed by atoms with Gasteiger partial charge in [0.2, 0.25) is 0 Å². The molecule has 1 saturated carbocycles. The van der Waals surface area contributed by atoms with Gasteiger partial charge in [-0.1, -0.05) is 36.9 Å². The zero-order valence-electron chi connectivity index (χ0n) is 13.2. The molecular formula is C18H27ClN2O. The number of nitrogens with one attached hydrogen (secondary N) is 1. The van der Waals surface area contributed by atoms with E-state index in [1.807, 2.05) is 18.2 Å². The van der Waals surface area contributed by atoms with Crippen molar-refractivity contribution in [1.82, 2.24) is 4.90 Å². The van der Waals surface area contributed by atoms with Crippen LogP contribution >= 0.6 is 11.6 Å². The van der Waals surface area contributed by atoms with Gasteiger partial charge in [0.15, 0.2) is 0 Å². The number of likely N-dealkylation sites (tertiary alicyclic amines) is 1. The van der Waals surface area contributed by atoms with E-state index in [0.29, 0.717) is 6.04 Å². The summed E-state index contributed by atoms with van der Waals surface area (Å²) >= 11 is 6.27. The molecule has 122 valence electrons. The van der Waals surface area contributed by atoms with Crippen molar-refractivity contribution in [3.63, 3.8) is 0 Å². The second-order valence-corrected chi connectivity index (χ2v) is 7.13. The molecule has 1 aromatic rings. The Morgan fingerprint density at radius 3 is 2.50 bits per heavy atom. The van der Waals surface area contributed by atoms with Crippen LogP contribution < -0.4 is 5.32 Å². The fourth-order valence-electron chi connectivity index (χ4n) is 3.86. The Hall–Kier alpha value is -0.770. The van der Waals surface area contributed by atoms with Crippen LogP contribution in [0.4, 0.5) is 5.69 Å². The number of rotatable bonds is 4. The zero-order chi connectivity index (χ0) is 15.4. The topological polar surface area (TPSA) is 35.5 Å². The summed E-state index contributed by atoms with van der Waals surface area (Å²) in [4.78, 5) is 2.70. The van der Waals surface area contributed by atoms with Crippen molar-refractivity contribution < 1.29 is 5.11 Å². The van der Waals surface area contributed by atoms with Crippen molar-refractivity contribution in [1.29, 1.82) is 0 Å². The second kappa shape index (κ2) is 7.67. The molecule has 1 heterocycles. The highest BCUT2D eigenvalue weighted by molar-refractivity contribution is 6.33. The Labute approximate surface area is 138 Å². The Kier molecular flexibility index (Phi) is 5.61. The van der Waals surface area contributed by atoms with Crippen LogP contribution in [-0.2, 0) is 6.61 Å². The highest BCUT2D eigenvalue weighted by atomic mass is 35.5. The number of nitrogens with zero attached hydrogens (tertiary/aromatic N) is 1.